The summed E-state index contributed by atoms with van der Waals surface area (Å²) in [7, 11) is 2.82. The number of esters is 1. The van der Waals surface area contributed by atoms with Crippen LogP contribution in [-0.2, 0) is 19.1 Å². The van der Waals surface area contributed by atoms with E-state index >= 15 is 0 Å². The number of benzene rings is 2. The molecular formula is C24H27N3O7. The molecule has 0 radical (unpaired) electrons. The summed E-state index contributed by atoms with van der Waals surface area (Å²) < 4.78 is 15.5. The van der Waals surface area contributed by atoms with Crippen LogP contribution >= 0.6 is 0 Å². The second-order valence-corrected chi connectivity index (χ2v) is 7.92. The molecule has 0 saturated carbocycles. The van der Waals surface area contributed by atoms with Gasteiger partial charge in [-0.25, -0.2) is 0 Å². The van der Waals surface area contributed by atoms with Gasteiger partial charge in [0.15, 0.2) is 6.61 Å². The van der Waals surface area contributed by atoms with Gasteiger partial charge in [-0.2, -0.15) is 0 Å². The van der Waals surface area contributed by atoms with Crippen molar-refractivity contribution in [2.45, 2.75) is 20.3 Å². The van der Waals surface area contributed by atoms with Gasteiger partial charge in [-0.1, -0.05) is 12.1 Å². The molecule has 2 aromatic rings. The number of rotatable bonds is 8. The minimum absolute atomic E-state index is 0.0838. The average Bonchev–Trinajstić information content (AvgIpc) is 3.16. The Morgan fingerprint density at radius 1 is 1.03 bits per heavy atom. The van der Waals surface area contributed by atoms with Crippen molar-refractivity contribution in [2.75, 3.05) is 32.7 Å². The standard InChI is InChI=1S/C24H27N3O7/c1-14-8-15(2)10-17(9-14)25-20(28)13-34-24(31)16-11-21(29)27(12-16)26-23(30)22-18(32-3)6-5-7-19(22)33-4/h5-10,16H,11-13H2,1-4H3,(H,25,28)(H,26,30)/t16-/m0/s1. The molecule has 10 heteroatoms. The number of hydrogen-bond donors (Lipinski definition) is 2. The number of carbonyl (C=O) groups is 4. The number of carbonyl (C=O) groups excluding carboxylic acids is 4. The van der Waals surface area contributed by atoms with Gasteiger partial charge in [0.05, 0.1) is 26.7 Å². The van der Waals surface area contributed by atoms with Crippen LogP contribution in [0.5, 0.6) is 11.5 Å². The molecule has 1 saturated heterocycles. The number of hydrogen-bond acceptors (Lipinski definition) is 7. The van der Waals surface area contributed by atoms with Crippen LogP contribution in [0.2, 0.25) is 0 Å². The molecule has 3 rings (SSSR count). The van der Waals surface area contributed by atoms with E-state index in [0.717, 1.165) is 16.1 Å². The van der Waals surface area contributed by atoms with Crippen LogP contribution in [0.1, 0.15) is 27.9 Å². The Labute approximate surface area is 197 Å². The Balaban J connectivity index is 1.55. The topological polar surface area (TPSA) is 123 Å². The van der Waals surface area contributed by atoms with Gasteiger partial charge in [0, 0.05) is 12.1 Å². The molecule has 3 amide bonds. The lowest BCUT2D eigenvalue weighted by Crippen LogP contribution is -2.43. The second-order valence-electron chi connectivity index (χ2n) is 7.92. The molecule has 10 nitrogen and oxygen atoms in total. The highest BCUT2D eigenvalue weighted by Gasteiger charge is 2.37. The third-order valence-corrected chi connectivity index (χ3v) is 5.20. The minimum Gasteiger partial charge on any atom is -0.496 e. The number of anilines is 1. The van der Waals surface area contributed by atoms with E-state index in [0.29, 0.717) is 5.69 Å². The highest BCUT2D eigenvalue weighted by Crippen LogP contribution is 2.28. The first-order valence-corrected chi connectivity index (χ1v) is 10.6. The zero-order valence-corrected chi connectivity index (χ0v) is 19.5. The molecule has 2 aromatic carbocycles. The van der Waals surface area contributed by atoms with Crippen LogP contribution in [0, 0.1) is 19.8 Å². The predicted octanol–water partition coefficient (Wildman–Crippen LogP) is 2.00. The van der Waals surface area contributed by atoms with E-state index in [4.69, 9.17) is 14.2 Å². The first-order chi connectivity index (χ1) is 16.2. The van der Waals surface area contributed by atoms with Gasteiger partial charge in [-0.15, -0.1) is 0 Å². The van der Waals surface area contributed by atoms with Crippen LogP contribution in [0.3, 0.4) is 0 Å². The fourth-order valence-electron chi connectivity index (χ4n) is 3.73. The van der Waals surface area contributed by atoms with Gasteiger partial charge in [-0.05, 0) is 49.2 Å². The van der Waals surface area contributed by atoms with Crippen LogP contribution < -0.4 is 20.2 Å². The van der Waals surface area contributed by atoms with E-state index < -0.39 is 36.2 Å². The molecule has 0 aromatic heterocycles. The second kappa shape index (κ2) is 10.7. The smallest absolute Gasteiger partial charge is 0.311 e. The molecule has 1 heterocycles. The number of methoxy groups -OCH3 is 2. The number of aryl methyl sites for hydroxylation is 2. The molecule has 34 heavy (non-hydrogen) atoms. The maximum Gasteiger partial charge on any atom is 0.311 e. The van der Waals surface area contributed by atoms with Gasteiger partial charge < -0.3 is 19.5 Å². The van der Waals surface area contributed by atoms with Gasteiger partial charge in [0.2, 0.25) is 5.91 Å². The SMILES string of the molecule is COc1cccc(OC)c1C(=O)NN1C[C@@H](C(=O)OCC(=O)Nc2cc(C)cc(C)c2)CC1=O. The van der Waals surface area contributed by atoms with Crippen molar-refractivity contribution in [1.82, 2.24) is 10.4 Å². The number of nitrogens with one attached hydrogen (secondary N) is 2. The molecule has 0 unspecified atom stereocenters. The highest BCUT2D eigenvalue weighted by molar-refractivity contribution is 6.01. The molecular weight excluding hydrogens is 442 g/mol. The van der Waals surface area contributed by atoms with Crippen LogP contribution in [0.25, 0.3) is 0 Å². The minimum atomic E-state index is -0.818. The van der Waals surface area contributed by atoms with E-state index in [2.05, 4.69) is 10.7 Å². The van der Waals surface area contributed by atoms with Gasteiger partial charge in [0.1, 0.15) is 17.1 Å². The Morgan fingerprint density at radius 3 is 2.24 bits per heavy atom. The number of hydrazine groups is 1. The fraction of sp³-hybridized carbons (Fsp3) is 0.333. The number of nitrogens with zero attached hydrogens (tertiary/aromatic N) is 1. The monoisotopic (exact) mass is 469 g/mol. The molecule has 0 aliphatic carbocycles. The summed E-state index contributed by atoms with van der Waals surface area (Å²) in [6.07, 6.45) is -0.152. The van der Waals surface area contributed by atoms with Gasteiger partial charge in [-0.3, -0.25) is 29.6 Å². The largest absolute Gasteiger partial charge is 0.496 e. The lowest BCUT2D eigenvalue weighted by atomic mass is 10.1. The average molecular weight is 469 g/mol. The Kier molecular flexibility index (Phi) is 7.72. The molecule has 1 fully saturated rings. The molecule has 1 aliphatic heterocycles. The summed E-state index contributed by atoms with van der Waals surface area (Å²) in [5.41, 5.74) is 5.19. The maximum atomic E-state index is 12.8. The third-order valence-electron chi connectivity index (χ3n) is 5.20. The Bertz CT molecular complexity index is 1070. The van der Waals surface area contributed by atoms with E-state index in [1.54, 1.807) is 30.3 Å². The summed E-state index contributed by atoms with van der Waals surface area (Å²) in [6.45, 7) is 3.25. The van der Waals surface area contributed by atoms with Crippen LogP contribution in [0.4, 0.5) is 5.69 Å². The van der Waals surface area contributed by atoms with Gasteiger partial charge in [0.25, 0.3) is 11.8 Å². The lowest BCUT2D eigenvalue weighted by Gasteiger charge is -2.19. The predicted molar refractivity (Wildman–Crippen MR) is 122 cm³/mol. The number of ether oxygens (including phenoxy) is 3. The molecule has 0 spiro atoms. The Hall–Kier alpha value is -4.08. The zero-order valence-electron chi connectivity index (χ0n) is 19.5. The highest BCUT2D eigenvalue weighted by atomic mass is 16.5. The number of amides is 3. The van der Waals surface area contributed by atoms with E-state index in [1.165, 1.54) is 14.2 Å². The lowest BCUT2D eigenvalue weighted by molar-refractivity contribution is -0.151. The molecule has 180 valence electrons. The van der Waals surface area contributed by atoms with Gasteiger partial charge >= 0.3 is 5.97 Å². The zero-order chi connectivity index (χ0) is 24.8. The fourth-order valence-corrected chi connectivity index (χ4v) is 3.73. The van der Waals surface area contributed by atoms with Crippen molar-refractivity contribution in [1.29, 1.82) is 0 Å². The normalized spacial score (nSPS) is 15.0. The van der Waals surface area contributed by atoms with Crippen LogP contribution in [-0.4, -0.2) is 56.1 Å². The molecule has 2 N–H and O–H groups in total. The molecule has 1 atom stereocenters. The van der Waals surface area contributed by atoms with Crippen molar-refractivity contribution >= 4 is 29.4 Å². The summed E-state index contributed by atoms with van der Waals surface area (Å²) in [6, 6.07) is 10.4. The van der Waals surface area contributed by atoms with E-state index in [1.807, 2.05) is 19.9 Å². The summed E-state index contributed by atoms with van der Waals surface area (Å²) in [5.74, 6) is -2.54. The van der Waals surface area contributed by atoms with Crippen molar-refractivity contribution in [2.24, 2.45) is 5.92 Å². The first-order valence-electron chi connectivity index (χ1n) is 10.6. The summed E-state index contributed by atoms with van der Waals surface area (Å²) in [5, 5.41) is 3.73. The van der Waals surface area contributed by atoms with Crippen molar-refractivity contribution < 1.29 is 33.4 Å². The summed E-state index contributed by atoms with van der Waals surface area (Å²) in [4.78, 5) is 49.7. The van der Waals surface area contributed by atoms with Crippen molar-refractivity contribution in [3.8, 4) is 11.5 Å². The van der Waals surface area contributed by atoms with E-state index in [9.17, 15) is 19.2 Å². The third kappa shape index (κ3) is 5.83. The van der Waals surface area contributed by atoms with Crippen LogP contribution in [0.15, 0.2) is 36.4 Å². The van der Waals surface area contributed by atoms with E-state index in [-0.39, 0.29) is 30.0 Å². The molecule has 1 aliphatic rings. The quantitative estimate of drug-likeness (QED) is 0.567. The maximum absolute atomic E-state index is 12.8. The van der Waals surface area contributed by atoms with Crippen molar-refractivity contribution in [3.05, 3.63) is 53.1 Å². The Morgan fingerprint density at radius 2 is 1.65 bits per heavy atom. The first kappa shape index (κ1) is 24.6. The summed E-state index contributed by atoms with van der Waals surface area (Å²) >= 11 is 0. The molecule has 0 bridgehead atoms. The van der Waals surface area contributed by atoms with Crippen molar-refractivity contribution in [3.63, 3.8) is 0 Å².